The second-order valence-corrected chi connectivity index (χ2v) is 5.43. The Hall–Kier alpha value is -0.830. The van der Waals surface area contributed by atoms with Crippen molar-refractivity contribution >= 4 is 5.97 Å². The van der Waals surface area contributed by atoms with Gasteiger partial charge in [-0.1, -0.05) is 26.0 Å². The Balaban J connectivity index is 4.67. The highest BCUT2D eigenvalue weighted by Crippen LogP contribution is 2.18. The van der Waals surface area contributed by atoms with Crippen LogP contribution in [0.5, 0.6) is 0 Å². The molecule has 0 amide bonds. The van der Waals surface area contributed by atoms with Crippen LogP contribution in [0.2, 0.25) is 0 Å². The molecule has 1 N–H and O–H groups in total. The van der Waals surface area contributed by atoms with Gasteiger partial charge in [0.25, 0.3) is 0 Å². The van der Waals surface area contributed by atoms with Gasteiger partial charge in [-0.25, -0.2) is 0 Å². The number of hydrogen-bond acceptors (Lipinski definition) is 2. The van der Waals surface area contributed by atoms with Crippen molar-refractivity contribution in [1.29, 1.82) is 0 Å². The molecule has 0 saturated heterocycles. The van der Waals surface area contributed by atoms with E-state index < -0.39 is 5.97 Å². The van der Waals surface area contributed by atoms with Crippen LogP contribution in [0.3, 0.4) is 0 Å². The van der Waals surface area contributed by atoms with Gasteiger partial charge >= 0.3 is 5.97 Å². The average molecular weight is 269 g/mol. The Bertz CT molecular complexity index is 266. The van der Waals surface area contributed by atoms with Crippen LogP contribution in [0.1, 0.15) is 60.3 Å². The molecule has 19 heavy (non-hydrogen) atoms. The summed E-state index contributed by atoms with van der Waals surface area (Å²) in [4.78, 5) is 13.3. The summed E-state index contributed by atoms with van der Waals surface area (Å²) in [6.45, 7) is 11.9. The monoisotopic (exact) mass is 269 g/mol. The lowest BCUT2D eigenvalue weighted by molar-refractivity contribution is -0.137. The summed E-state index contributed by atoms with van der Waals surface area (Å²) in [7, 11) is 0. The molecule has 0 spiro atoms. The van der Waals surface area contributed by atoms with E-state index in [1.54, 1.807) is 0 Å². The lowest BCUT2D eigenvalue weighted by Gasteiger charge is -2.36. The van der Waals surface area contributed by atoms with Crippen molar-refractivity contribution in [3.63, 3.8) is 0 Å². The van der Waals surface area contributed by atoms with E-state index in [4.69, 9.17) is 5.11 Å². The molecule has 3 atom stereocenters. The van der Waals surface area contributed by atoms with Gasteiger partial charge in [0.1, 0.15) is 0 Å². The molecular formula is C16H31NO2. The first kappa shape index (κ1) is 18.2. The summed E-state index contributed by atoms with van der Waals surface area (Å²) in [5.41, 5.74) is 0. The van der Waals surface area contributed by atoms with Crippen LogP contribution >= 0.6 is 0 Å². The highest BCUT2D eigenvalue weighted by atomic mass is 16.4. The maximum Gasteiger partial charge on any atom is 0.303 e. The summed E-state index contributed by atoms with van der Waals surface area (Å²) in [6, 6.07) is 1.10. The van der Waals surface area contributed by atoms with Crippen LogP contribution in [0, 0.1) is 5.92 Å². The van der Waals surface area contributed by atoms with Crippen molar-refractivity contribution in [3.8, 4) is 0 Å². The summed E-state index contributed by atoms with van der Waals surface area (Å²) in [5.74, 6) is -0.364. The van der Waals surface area contributed by atoms with Gasteiger partial charge in [0.2, 0.25) is 0 Å². The first-order chi connectivity index (χ1) is 8.96. The fraction of sp³-hybridized carbons (Fsp3) is 0.812. The van der Waals surface area contributed by atoms with E-state index in [0.29, 0.717) is 18.0 Å². The molecule has 3 unspecified atom stereocenters. The fourth-order valence-electron chi connectivity index (χ4n) is 2.36. The van der Waals surface area contributed by atoms with Gasteiger partial charge in [0.15, 0.2) is 0 Å². The molecule has 3 nitrogen and oxygen atoms in total. The molecule has 0 radical (unpaired) electrons. The molecule has 0 bridgehead atoms. The number of rotatable bonds is 10. The minimum atomic E-state index is -0.701. The maximum atomic E-state index is 10.7. The van der Waals surface area contributed by atoms with E-state index in [0.717, 1.165) is 25.8 Å². The smallest absolute Gasteiger partial charge is 0.303 e. The minimum Gasteiger partial charge on any atom is -0.481 e. The minimum absolute atomic E-state index is 0.254. The lowest BCUT2D eigenvalue weighted by atomic mass is 9.99. The van der Waals surface area contributed by atoms with Crippen molar-refractivity contribution in [2.24, 2.45) is 5.92 Å². The predicted octanol–water partition coefficient (Wildman–Crippen LogP) is 3.94. The molecule has 0 aromatic rings. The molecule has 3 heteroatoms. The van der Waals surface area contributed by atoms with Gasteiger partial charge in [-0.05, 0) is 46.0 Å². The van der Waals surface area contributed by atoms with Gasteiger partial charge in [-0.3, -0.25) is 9.69 Å². The van der Waals surface area contributed by atoms with Gasteiger partial charge in [-0.2, -0.15) is 0 Å². The number of aliphatic carboxylic acids is 1. The molecule has 0 aliphatic heterocycles. The summed E-state index contributed by atoms with van der Waals surface area (Å²) >= 11 is 0. The quantitative estimate of drug-likeness (QED) is 0.611. The number of carbonyl (C=O) groups is 1. The Kier molecular flexibility index (Phi) is 9.58. The topological polar surface area (TPSA) is 40.5 Å². The average Bonchev–Trinajstić information content (AvgIpc) is 2.39. The Morgan fingerprint density at radius 3 is 2.11 bits per heavy atom. The SMILES string of the molecule is C/C=C/C(CCC(=O)O)CN(C(C)CC)C(C)CC. The number of carboxylic acid groups (broad SMARTS) is 1. The lowest BCUT2D eigenvalue weighted by Crippen LogP contribution is -2.42. The summed E-state index contributed by atoms with van der Waals surface area (Å²) in [6.07, 6.45) is 7.43. The third-order valence-electron chi connectivity index (χ3n) is 3.95. The molecule has 0 saturated carbocycles. The molecule has 112 valence electrons. The van der Waals surface area contributed by atoms with E-state index >= 15 is 0 Å². The zero-order chi connectivity index (χ0) is 14.8. The predicted molar refractivity (Wildman–Crippen MR) is 81.4 cm³/mol. The van der Waals surface area contributed by atoms with Crippen LogP contribution < -0.4 is 0 Å². The Morgan fingerprint density at radius 2 is 1.74 bits per heavy atom. The maximum absolute atomic E-state index is 10.7. The van der Waals surface area contributed by atoms with Crippen molar-refractivity contribution in [2.45, 2.75) is 72.4 Å². The number of hydrogen-bond donors (Lipinski definition) is 1. The molecule has 0 aliphatic carbocycles. The zero-order valence-corrected chi connectivity index (χ0v) is 13.2. The second kappa shape index (κ2) is 10.0. The summed E-state index contributed by atoms with van der Waals surface area (Å²) < 4.78 is 0. The molecule has 0 aliphatic rings. The number of nitrogens with zero attached hydrogens (tertiary/aromatic N) is 1. The van der Waals surface area contributed by atoms with E-state index in [-0.39, 0.29) is 6.42 Å². The molecular weight excluding hydrogens is 238 g/mol. The fourth-order valence-corrected chi connectivity index (χ4v) is 2.36. The van der Waals surface area contributed by atoms with E-state index in [1.165, 1.54) is 0 Å². The first-order valence-electron chi connectivity index (χ1n) is 7.56. The third kappa shape index (κ3) is 7.36. The molecule has 0 rings (SSSR count). The van der Waals surface area contributed by atoms with Crippen molar-refractivity contribution < 1.29 is 9.90 Å². The van der Waals surface area contributed by atoms with Crippen LogP contribution in [0.15, 0.2) is 12.2 Å². The second-order valence-electron chi connectivity index (χ2n) is 5.43. The van der Waals surface area contributed by atoms with E-state index in [9.17, 15) is 4.79 Å². The summed E-state index contributed by atoms with van der Waals surface area (Å²) in [5, 5.41) is 8.84. The van der Waals surface area contributed by atoms with Gasteiger partial charge < -0.3 is 5.11 Å². The van der Waals surface area contributed by atoms with Crippen molar-refractivity contribution in [3.05, 3.63) is 12.2 Å². The highest BCUT2D eigenvalue weighted by molar-refractivity contribution is 5.66. The van der Waals surface area contributed by atoms with Crippen LogP contribution in [0.25, 0.3) is 0 Å². The third-order valence-corrected chi connectivity index (χ3v) is 3.95. The first-order valence-corrected chi connectivity index (χ1v) is 7.56. The van der Waals surface area contributed by atoms with Crippen molar-refractivity contribution in [1.82, 2.24) is 4.90 Å². The highest BCUT2D eigenvalue weighted by Gasteiger charge is 2.21. The van der Waals surface area contributed by atoms with E-state index in [2.05, 4.69) is 38.7 Å². The van der Waals surface area contributed by atoms with Crippen LogP contribution in [-0.2, 0) is 4.79 Å². The molecule has 0 fully saturated rings. The zero-order valence-electron chi connectivity index (χ0n) is 13.2. The normalized spacial score (nSPS) is 16.7. The largest absolute Gasteiger partial charge is 0.481 e. The van der Waals surface area contributed by atoms with Crippen LogP contribution in [0.4, 0.5) is 0 Å². The van der Waals surface area contributed by atoms with Gasteiger partial charge in [0.05, 0.1) is 0 Å². The van der Waals surface area contributed by atoms with Gasteiger partial charge in [-0.15, -0.1) is 0 Å². The molecule has 0 aromatic carbocycles. The standard InChI is InChI=1S/C16H31NO2/c1-6-9-15(10-11-16(18)19)12-17(13(4)7-2)14(5)8-3/h6,9,13-15H,7-8,10-12H2,1-5H3,(H,18,19)/b9-6+. The van der Waals surface area contributed by atoms with Crippen molar-refractivity contribution in [2.75, 3.05) is 6.54 Å². The van der Waals surface area contributed by atoms with Crippen LogP contribution in [-0.4, -0.2) is 34.6 Å². The number of allylic oxidation sites excluding steroid dienone is 1. The number of carboxylic acids is 1. The van der Waals surface area contributed by atoms with E-state index in [1.807, 2.05) is 13.0 Å². The molecule has 0 heterocycles. The Labute approximate surface area is 118 Å². The Morgan fingerprint density at radius 1 is 1.21 bits per heavy atom. The molecule has 0 aromatic heterocycles. The van der Waals surface area contributed by atoms with Gasteiger partial charge in [0, 0.05) is 25.0 Å².